The largest absolute Gasteiger partial charge is 0.471 e. The maximum atomic E-state index is 13.9. The molecule has 186 valence electrons. The Morgan fingerprint density at radius 2 is 1.87 bits per heavy atom. The van der Waals surface area contributed by atoms with E-state index in [9.17, 15) is 4.79 Å². The summed E-state index contributed by atoms with van der Waals surface area (Å²) in [4.78, 5) is 20.2. The first-order valence-electron chi connectivity index (χ1n) is 12.1. The number of nitrogens with zero attached hydrogens (tertiary/aromatic N) is 6. The third kappa shape index (κ3) is 3.66. The van der Waals surface area contributed by atoms with Crippen molar-refractivity contribution >= 4 is 49.2 Å². The van der Waals surface area contributed by atoms with Gasteiger partial charge in [0.1, 0.15) is 11.3 Å². The van der Waals surface area contributed by atoms with E-state index in [1.807, 2.05) is 67.8 Å². The van der Waals surface area contributed by atoms with Gasteiger partial charge in [-0.2, -0.15) is 0 Å². The van der Waals surface area contributed by atoms with E-state index in [2.05, 4.69) is 52.8 Å². The molecule has 9 heteroatoms. The normalized spacial score (nSPS) is 12.2. The van der Waals surface area contributed by atoms with Crippen LogP contribution >= 0.6 is 15.9 Å². The summed E-state index contributed by atoms with van der Waals surface area (Å²) in [6, 6.07) is 21.6. The Hall–Kier alpha value is -4.50. The summed E-state index contributed by atoms with van der Waals surface area (Å²) in [5.74, 6) is 0.585. The molecule has 38 heavy (non-hydrogen) atoms. The van der Waals surface area contributed by atoms with E-state index in [0.717, 1.165) is 43.6 Å². The van der Waals surface area contributed by atoms with Crippen molar-refractivity contribution < 1.29 is 4.74 Å². The second-order valence-electron chi connectivity index (χ2n) is 9.27. The average Bonchev–Trinajstić information content (AvgIpc) is 3.36. The van der Waals surface area contributed by atoms with Crippen molar-refractivity contribution in [1.82, 2.24) is 24.5 Å². The quantitative estimate of drug-likeness (QED) is 0.271. The summed E-state index contributed by atoms with van der Waals surface area (Å²) in [5, 5.41) is 9.03. The molecule has 0 unspecified atom stereocenters. The number of fused-ring (bicyclic) bond motifs is 3. The predicted octanol–water partition coefficient (Wildman–Crippen LogP) is 5.60. The molecule has 8 nitrogen and oxygen atoms in total. The van der Waals surface area contributed by atoms with Crippen molar-refractivity contribution in [2.45, 2.75) is 13.2 Å². The van der Waals surface area contributed by atoms with Crippen LogP contribution in [0.4, 0.5) is 11.4 Å². The van der Waals surface area contributed by atoms with E-state index in [1.165, 1.54) is 0 Å². The first kappa shape index (κ1) is 22.7. The third-order valence-corrected chi connectivity index (χ3v) is 7.43. The van der Waals surface area contributed by atoms with Crippen molar-refractivity contribution in [3.8, 4) is 11.4 Å². The first-order chi connectivity index (χ1) is 18.6. The predicted molar refractivity (Wildman–Crippen MR) is 151 cm³/mol. The molecule has 0 saturated carbocycles. The maximum Gasteiger partial charge on any atom is 0.193 e. The fourth-order valence-electron chi connectivity index (χ4n) is 5.10. The Kier molecular flexibility index (Phi) is 5.26. The van der Waals surface area contributed by atoms with Crippen LogP contribution < -0.4 is 15.1 Å². The van der Waals surface area contributed by atoms with E-state index >= 15 is 0 Å². The molecule has 0 amide bonds. The van der Waals surface area contributed by atoms with E-state index in [4.69, 9.17) is 4.74 Å². The molecule has 3 aromatic carbocycles. The van der Waals surface area contributed by atoms with Gasteiger partial charge in [-0.25, -0.2) is 4.68 Å². The van der Waals surface area contributed by atoms with E-state index in [0.29, 0.717) is 23.1 Å². The van der Waals surface area contributed by atoms with Gasteiger partial charge in [-0.1, -0.05) is 39.3 Å². The second kappa shape index (κ2) is 8.81. The Labute approximate surface area is 225 Å². The first-order valence-corrected chi connectivity index (χ1v) is 12.9. The molecule has 0 fully saturated rings. The molecule has 0 saturated heterocycles. The topological polar surface area (TPSA) is 78.1 Å². The van der Waals surface area contributed by atoms with Crippen LogP contribution in [0.2, 0.25) is 0 Å². The van der Waals surface area contributed by atoms with Crippen molar-refractivity contribution in [2.75, 3.05) is 11.9 Å². The number of halogens is 1. The van der Waals surface area contributed by atoms with Crippen molar-refractivity contribution in [3.63, 3.8) is 0 Å². The molecule has 7 rings (SSSR count). The summed E-state index contributed by atoms with van der Waals surface area (Å²) < 4.78 is 11.0. The summed E-state index contributed by atoms with van der Waals surface area (Å²) >= 11 is 3.62. The smallest absolute Gasteiger partial charge is 0.193 e. The summed E-state index contributed by atoms with van der Waals surface area (Å²) in [5.41, 5.74) is 7.08. The number of ether oxygens (including phenoxy) is 1. The Morgan fingerprint density at radius 1 is 0.974 bits per heavy atom. The minimum absolute atomic E-state index is 0.0233. The second-order valence-corrected chi connectivity index (χ2v) is 10.2. The average molecular weight is 565 g/mol. The number of aromatic nitrogens is 5. The number of anilines is 2. The van der Waals surface area contributed by atoms with Crippen LogP contribution in [0.1, 0.15) is 11.1 Å². The standard InChI is InChI=1S/C29H21BrN6O2/c1-34-25-9-8-20(30)12-26(25)35-16-19(11-18-5-4-10-31-15-18)29(37)22-13-21(14-27(34)28(22)35)38-17-36-24-7-3-2-6-23(24)32-33-36/h2-10,12-16H,11,17H2,1H3. The maximum absolute atomic E-state index is 13.9. The fraction of sp³-hybridized carbons (Fsp3) is 0.103. The monoisotopic (exact) mass is 564 g/mol. The highest BCUT2D eigenvalue weighted by atomic mass is 79.9. The molecule has 0 aliphatic carbocycles. The molecular formula is C29H21BrN6O2. The Morgan fingerprint density at radius 3 is 2.74 bits per heavy atom. The molecule has 4 heterocycles. The summed E-state index contributed by atoms with van der Waals surface area (Å²) in [6.45, 7) is 0.169. The molecule has 0 bridgehead atoms. The van der Waals surface area contributed by atoms with Crippen LogP contribution in [0.5, 0.6) is 5.75 Å². The van der Waals surface area contributed by atoms with Gasteiger partial charge in [-0.3, -0.25) is 9.78 Å². The summed E-state index contributed by atoms with van der Waals surface area (Å²) in [7, 11) is 2.01. The highest BCUT2D eigenvalue weighted by Gasteiger charge is 2.25. The van der Waals surface area contributed by atoms with Crippen LogP contribution in [-0.2, 0) is 13.2 Å². The molecule has 1 aliphatic heterocycles. The van der Waals surface area contributed by atoms with Crippen LogP contribution in [0.15, 0.2) is 94.6 Å². The lowest BCUT2D eigenvalue weighted by molar-refractivity contribution is 0.223. The van der Waals surface area contributed by atoms with Gasteiger partial charge in [0.2, 0.25) is 0 Å². The zero-order valence-electron chi connectivity index (χ0n) is 20.4. The van der Waals surface area contributed by atoms with Gasteiger partial charge in [-0.15, -0.1) is 5.10 Å². The molecule has 0 spiro atoms. The number of hydrogen-bond acceptors (Lipinski definition) is 6. The number of rotatable bonds is 5. The number of hydrogen-bond donors (Lipinski definition) is 0. The third-order valence-electron chi connectivity index (χ3n) is 6.94. The Balaban J connectivity index is 1.40. The van der Waals surface area contributed by atoms with E-state index in [-0.39, 0.29) is 12.2 Å². The van der Waals surface area contributed by atoms with Gasteiger partial charge in [-0.05, 0) is 48.0 Å². The molecule has 0 atom stereocenters. The van der Waals surface area contributed by atoms with Gasteiger partial charge in [0.25, 0.3) is 0 Å². The van der Waals surface area contributed by atoms with Crippen LogP contribution in [-0.4, -0.2) is 31.6 Å². The lowest BCUT2D eigenvalue weighted by Crippen LogP contribution is -2.23. The summed E-state index contributed by atoms with van der Waals surface area (Å²) in [6.07, 6.45) is 5.97. The van der Waals surface area contributed by atoms with E-state index < -0.39 is 0 Å². The zero-order valence-corrected chi connectivity index (χ0v) is 22.0. The van der Waals surface area contributed by atoms with Gasteiger partial charge in [0.15, 0.2) is 12.2 Å². The van der Waals surface area contributed by atoms with E-state index in [1.54, 1.807) is 17.1 Å². The Bertz CT molecular complexity index is 1910. The SMILES string of the molecule is CN1c2ccc(Br)cc2-n2cc(Cc3cccnc3)c(=O)c3cc(OCn4nnc5ccccc54)cc1c32. The van der Waals surface area contributed by atoms with Gasteiger partial charge >= 0.3 is 0 Å². The lowest BCUT2D eigenvalue weighted by Gasteiger charge is -2.32. The van der Waals surface area contributed by atoms with Gasteiger partial charge in [0, 0.05) is 48.2 Å². The molecular weight excluding hydrogens is 544 g/mol. The lowest BCUT2D eigenvalue weighted by atomic mass is 10.0. The fourth-order valence-corrected chi connectivity index (χ4v) is 5.45. The van der Waals surface area contributed by atoms with Crippen LogP contribution in [0, 0.1) is 0 Å². The molecule has 1 aliphatic rings. The number of para-hydroxylation sites is 1. The minimum Gasteiger partial charge on any atom is -0.471 e. The van der Waals surface area contributed by atoms with Crippen molar-refractivity contribution in [3.05, 3.63) is 111 Å². The molecule has 0 N–H and O–H groups in total. The minimum atomic E-state index is -0.0233. The molecule has 3 aromatic heterocycles. The number of pyridine rings is 2. The van der Waals surface area contributed by atoms with Crippen LogP contribution in [0.3, 0.4) is 0 Å². The van der Waals surface area contributed by atoms with Crippen LogP contribution in [0.25, 0.3) is 27.6 Å². The van der Waals surface area contributed by atoms with Crippen molar-refractivity contribution in [2.24, 2.45) is 0 Å². The number of benzene rings is 3. The van der Waals surface area contributed by atoms with Gasteiger partial charge < -0.3 is 14.2 Å². The van der Waals surface area contributed by atoms with Crippen molar-refractivity contribution in [1.29, 1.82) is 0 Å². The molecule has 6 aromatic rings. The highest BCUT2D eigenvalue weighted by Crippen LogP contribution is 2.43. The van der Waals surface area contributed by atoms with Gasteiger partial charge in [0.05, 0.1) is 33.5 Å². The molecule has 0 radical (unpaired) electrons. The highest BCUT2D eigenvalue weighted by molar-refractivity contribution is 9.10. The zero-order chi connectivity index (χ0) is 25.8.